The van der Waals surface area contributed by atoms with E-state index in [1.54, 1.807) is 7.11 Å². The summed E-state index contributed by atoms with van der Waals surface area (Å²) in [6.45, 7) is 2.70. The number of ether oxygens (including phenoxy) is 1. The summed E-state index contributed by atoms with van der Waals surface area (Å²) in [6, 6.07) is 10.3. The summed E-state index contributed by atoms with van der Waals surface area (Å²) < 4.78 is 7.17. The van der Waals surface area contributed by atoms with Crippen LogP contribution in [0.5, 0.6) is 0 Å². The number of methoxy groups -OCH3 is 1. The normalized spacial score (nSPS) is 13.9. The highest BCUT2D eigenvalue weighted by Crippen LogP contribution is 2.44. The molecular formula is C23H23N5O. The van der Waals surface area contributed by atoms with Gasteiger partial charge in [-0.3, -0.25) is 9.97 Å². The third kappa shape index (κ3) is 3.40. The lowest BCUT2D eigenvalue weighted by Gasteiger charge is -2.08. The Bertz CT molecular complexity index is 1150. The minimum Gasteiger partial charge on any atom is -0.384 e. The number of imidazole rings is 1. The second kappa shape index (κ2) is 7.37. The van der Waals surface area contributed by atoms with Crippen LogP contribution in [-0.2, 0) is 11.2 Å². The average Bonchev–Trinajstić information content (AvgIpc) is 3.53. The molecule has 1 fully saturated rings. The standard InChI is InChI=1S/C23H23N5O/c1-15-13-20(16-7-10-24-11-8-16)23-26-21(17-3-4-17)22(28(23)27-15)18-5-6-19(25-14-18)9-12-29-2/h5-8,10-11,13-14,17H,3-4,9,12H2,1-2H3. The first-order chi connectivity index (χ1) is 14.2. The van der Waals surface area contributed by atoms with Crippen LogP contribution in [-0.4, -0.2) is 38.3 Å². The second-order valence-corrected chi connectivity index (χ2v) is 7.57. The maximum Gasteiger partial charge on any atom is 0.162 e. The molecule has 4 heterocycles. The van der Waals surface area contributed by atoms with E-state index in [4.69, 9.17) is 14.8 Å². The number of nitrogens with zero attached hydrogens (tertiary/aromatic N) is 5. The fourth-order valence-electron chi connectivity index (χ4n) is 3.74. The number of aryl methyl sites for hydroxylation is 1. The van der Waals surface area contributed by atoms with E-state index < -0.39 is 0 Å². The summed E-state index contributed by atoms with van der Waals surface area (Å²) in [4.78, 5) is 13.9. The van der Waals surface area contributed by atoms with Gasteiger partial charge in [0.25, 0.3) is 0 Å². The van der Waals surface area contributed by atoms with Gasteiger partial charge in [-0.1, -0.05) is 0 Å². The quantitative estimate of drug-likeness (QED) is 0.497. The zero-order valence-corrected chi connectivity index (χ0v) is 16.7. The van der Waals surface area contributed by atoms with Gasteiger partial charge in [-0.15, -0.1) is 0 Å². The van der Waals surface area contributed by atoms with Gasteiger partial charge in [0, 0.05) is 54.9 Å². The topological polar surface area (TPSA) is 65.2 Å². The van der Waals surface area contributed by atoms with Crippen LogP contribution in [0.15, 0.2) is 48.9 Å². The molecule has 6 nitrogen and oxygen atoms in total. The first-order valence-electron chi connectivity index (χ1n) is 9.99. The van der Waals surface area contributed by atoms with Crippen LogP contribution >= 0.6 is 0 Å². The van der Waals surface area contributed by atoms with Gasteiger partial charge in [-0.2, -0.15) is 5.10 Å². The summed E-state index contributed by atoms with van der Waals surface area (Å²) in [6.07, 6.45) is 8.74. The summed E-state index contributed by atoms with van der Waals surface area (Å²) in [5, 5.41) is 4.83. The molecule has 146 valence electrons. The van der Waals surface area contributed by atoms with Crippen molar-refractivity contribution in [1.82, 2.24) is 24.6 Å². The minimum absolute atomic E-state index is 0.505. The Morgan fingerprint density at radius 2 is 1.93 bits per heavy atom. The highest BCUT2D eigenvalue weighted by molar-refractivity contribution is 5.81. The molecule has 1 aliphatic rings. The summed E-state index contributed by atoms with van der Waals surface area (Å²) >= 11 is 0. The molecule has 4 aromatic heterocycles. The maximum atomic E-state index is 5.16. The van der Waals surface area contributed by atoms with E-state index >= 15 is 0 Å². The first-order valence-corrected chi connectivity index (χ1v) is 9.99. The molecular weight excluding hydrogens is 362 g/mol. The van der Waals surface area contributed by atoms with Gasteiger partial charge in [-0.25, -0.2) is 9.50 Å². The third-order valence-electron chi connectivity index (χ3n) is 5.35. The summed E-state index contributed by atoms with van der Waals surface area (Å²) in [7, 11) is 1.71. The fraction of sp³-hybridized carbons (Fsp3) is 0.304. The van der Waals surface area contributed by atoms with E-state index in [-0.39, 0.29) is 0 Å². The molecule has 0 atom stereocenters. The van der Waals surface area contributed by atoms with Gasteiger partial charge in [-0.05, 0) is 55.7 Å². The van der Waals surface area contributed by atoms with Crippen LogP contribution in [0.3, 0.4) is 0 Å². The van der Waals surface area contributed by atoms with Crippen LogP contribution in [0.25, 0.3) is 28.0 Å². The molecule has 0 aromatic carbocycles. The van der Waals surface area contributed by atoms with E-state index in [1.807, 2.05) is 42.2 Å². The van der Waals surface area contributed by atoms with Crippen molar-refractivity contribution >= 4 is 5.65 Å². The van der Waals surface area contributed by atoms with Crippen molar-refractivity contribution in [3.05, 3.63) is 66.0 Å². The van der Waals surface area contributed by atoms with E-state index in [2.05, 4.69) is 28.2 Å². The van der Waals surface area contributed by atoms with Gasteiger partial charge >= 0.3 is 0 Å². The van der Waals surface area contributed by atoms with Crippen molar-refractivity contribution in [3.63, 3.8) is 0 Å². The lowest BCUT2D eigenvalue weighted by molar-refractivity contribution is 0.201. The number of hydrogen-bond donors (Lipinski definition) is 0. The van der Waals surface area contributed by atoms with Gasteiger partial charge < -0.3 is 4.74 Å². The molecule has 0 N–H and O–H groups in total. The Labute approximate surface area is 169 Å². The Kier molecular flexibility index (Phi) is 4.56. The van der Waals surface area contributed by atoms with Crippen molar-refractivity contribution in [1.29, 1.82) is 0 Å². The third-order valence-corrected chi connectivity index (χ3v) is 5.35. The SMILES string of the molecule is COCCc1ccc(-c2c(C3CC3)nc3c(-c4ccncc4)cc(C)nn23)cn1. The van der Waals surface area contributed by atoms with Crippen molar-refractivity contribution in [2.75, 3.05) is 13.7 Å². The molecule has 0 spiro atoms. The molecule has 5 rings (SSSR count). The van der Waals surface area contributed by atoms with Gasteiger partial charge in [0.1, 0.15) is 0 Å². The molecule has 29 heavy (non-hydrogen) atoms. The van der Waals surface area contributed by atoms with E-state index in [0.29, 0.717) is 12.5 Å². The predicted molar refractivity (Wildman–Crippen MR) is 112 cm³/mol. The number of fused-ring (bicyclic) bond motifs is 1. The molecule has 0 amide bonds. The number of pyridine rings is 2. The molecule has 1 aliphatic carbocycles. The van der Waals surface area contributed by atoms with E-state index in [0.717, 1.165) is 51.5 Å². The monoisotopic (exact) mass is 385 g/mol. The lowest BCUT2D eigenvalue weighted by Crippen LogP contribution is -2.01. The lowest BCUT2D eigenvalue weighted by atomic mass is 10.1. The van der Waals surface area contributed by atoms with Crippen molar-refractivity contribution in [2.45, 2.75) is 32.1 Å². The highest BCUT2D eigenvalue weighted by atomic mass is 16.5. The van der Waals surface area contributed by atoms with Gasteiger partial charge in [0.05, 0.1) is 23.7 Å². The average molecular weight is 385 g/mol. The number of rotatable bonds is 6. The Hall–Kier alpha value is -3.12. The van der Waals surface area contributed by atoms with Crippen molar-refractivity contribution < 1.29 is 4.74 Å². The van der Waals surface area contributed by atoms with Crippen LogP contribution in [0, 0.1) is 6.92 Å². The van der Waals surface area contributed by atoms with Gasteiger partial charge in [0.2, 0.25) is 0 Å². The Morgan fingerprint density at radius 1 is 1.10 bits per heavy atom. The highest BCUT2D eigenvalue weighted by Gasteiger charge is 2.32. The van der Waals surface area contributed by atoms with Crippen molar-refractivity contribution in [3.8, 4) is 22.4 Å². The zero-order valence-electron chi connectivity index (χ0n) is 16.7. The number of aromatic nitrogens is 5. The Morgan fingerprint density at radius 3 is 2.62 bits per heavy atom. The fourth-order valence-corrected chi connectivity index (χ4v) is 3.74. The Balaban J connectivity index is 1.69. The molecule has 0 saturated heterocycles. The predicted octanol–water partition coefficient (Wildman–Crippen LogP) is 4.23. The maximum absolute atomic E-state index is 5.16. The summed E-state index contributed by atoms with van der Waals surface area (Å²) in [5.74, 6) is 0.505. The van der Waals surface area contributed by atoms with E-state index in [9.17, 15) is 0 Å². The van der Waals surface area contributed by atoms with Crippen LogP contribution in [0.4, 0.5) is 0 Å². The molecule has 0 bridgehead atoms. The minimum atomic E-state index is 0.505. The van der Waals surface area contributed by atoms with Gasteiger partial charge in [0.15, 0.2) is 5.65 Å². The number of hydrogen-bond acceptors (Lipinski definition) is 5. The molecule has 0 unspecified atom stereocenters. The first kappa shape index (κ1) is 17.9. The van der Waals surface area contributed by atoms with Crippen LogP contribution in [0.2, 0.25) is 0 Å². The van der Waals surface area contributed by atoms with E-state index in [1.165, 1.54) is 12.8 Å². The molecule has 0 aliphatic heterocycles. The van der Waals surface area contributed by atoms with Crippen molar-refractivity contribution in [2.24, 2.45) is 0 Å². The largest absolute Gasteiger partial charge is 0.384 e. The molecule has 1 saturated carbocycles. The zero-order chi connectivity index (χ0) is 19.8. The smallest absolute Gasteiger partial charge is 0.162 e. The van der Waals surface area contributed by atoms with Crippen LogP contribution < -0.4 is 0 Å². The second-order valence-electron chi connectivity index (χ2n) is 7.57. The van der Waals surface area contributed by atoms with Crippen LogP contribution in [0.1, 0.15) is 35.8 Å². The molecule has 4 aromatic rings. The molecule has 0 radical (unpaired) electrons. The molecule has 6 heteroatoms. The summed E-state index contributed by atoms with van der Waals surface area (Å²) in [5.41, 5.74) is 8.30.